The summed E-state index contributed by atoms with van der Waals surface area (Å²) < 4.78 is 0. The molecular weight excluding hydrogens is 264 g/mol. The third-order valence-corrected chi connectivity index (χ3v) is 5.82. The van der Waals surface area contributed by atoms with E-state index in [0.29, 0.717) is 0 Å². The van der Waals surface area contributed by atoms with E-state index in [0.717, 1.165) is 18.3 Å². The van der Waals surface area contributed by atoms with Crippen LogP contribution in [-0.4, -0.2) is 0 Å². The topological polar surface area (TPSA) is 0 Å². The maximum atomic E-state index is 3.95. The summed E-state index contributed by atoms with van der Waals surface area (Å²) in [6, 6.07) is 0. The lowest BCUT2D eigenvalue weighted by Crippen LogP contribution is -2.18. The minimum atomic E-state index is 1.06. The molecule has 0 heteroatoms. The summed E-state index contributed by atoms with van der Waals surface area (Å²) >= 11 is 0. The van der Waals surface area contributed by atoms with Gasteiger partial charge in [0.25, 0.3) is 0 Å². The van der Waals surface area contributed by atoms with Crippen molar-refractivity contribution in [3.8, 4) is 0 Å². The Bertz CT molecular complexity index is 214. The molecule has 0 amide bonds. The van der Waals surface area contributed by atoms with Crippen LogP contribution < -0.4 is 0 Å². The van der Waals surface area contributed by atoms with E-state index < -0.39 is 0 Å². The van der Waals surface area contributed by atoms with E-state index in [-0.39, 0.29) is 0 Å². The highest BCUT2D eigenvalue weighted by Gasteiger charge is 2.22. The van der Waals surface area contributed by atoms with Crippen LogP contribution in [0.3, 0.4) is 0 Å². The Labute approximate surface area is 141 Å². The Balaban J connectivity index is 2.18. The van der Waals surface area contributed by atoms with Crippen LogP contribution in [0.1, 0.15) is 122 Å². The zero-order chi connectivity index (χ0) is 15.9. The van der Waals surface area contributed by atoms with Gasteiger partial charge in [0.15, 0.2) is 0 Å². The summed E-state index contributed by atoms with van der Waals surface area (Å²) in [7, 11) is 0. The van der Waals surface area contributed by atoms with E-state index in [1.54, 1.807) is 12.8 Å². The molecule has 0 aromatic heterocycles. The van der Waals surface area contributed by atoms with Gasteiger partial charge in [-0.1, -0.05) is 129 Å². The third-order valence-electron chi connectivity index (χ3n) is 5.82. The van der Waals surface area contributed by atoms with Crippen LogP contribution in [0.25, 0.3) is 0 Å². The maximum absolute atomic E-state index is 3.95. The van der Waals surface area contributed by atoms with Crippen molar-refractivity contribution in [1.29, 1.82) is 0 Å². The van der Waals surface area contributed by atoms with E-state index in [9.17, 15) is 0 Å². The van der Waals surface area contributed by atoms with Crippen molar-refractivity contribution >= 4 is 0 Å². The summed E-state index contributed by atoms with van der Waals surface area (Å²) in [5.74, 6) is 2.15. The van der Waals surface area contributed by atoms with E-state index in [4.69, 9.17) is 0 Å². The summed E-state index contributed by atoms with van der Waals surface area (Å²) in [6.07, 6.45) is 26.3. The molecule has 1 aliphatic carbocycles. The molecular formula is C22H43. The van der Waals surface area contributed by atoms with Gasteiger partial charge in [0, 0.05) is 0 Å². The van der Waals surface area contributed by atoms with Crippen molar-refractivity contribution in [3.63, 3.8) is 0 Å². The lowest BCUT2D eigenvalue weighted by atomic mass is 9.75. The second-order valence-electron chi connectivity index (χ2n) is 7.77. The first-order valence-electron chi connectivity index (χ1n) is 10.7. The summed E-state index contributed by atoms with van der Waals surface area (Å²) in [6.45, 7) is 6.27. The molecule has 0 nitrogen and oxygen atoms in total. The van der Waals surface area contributed by atoms with E-state index >= 15 is 0 Å². The van der Waals surface area contributed by atoms with Crippen molar-refractivity contribution in [1.82, 2.24) is 0 Å². The SMILES string of the molecule is [CH2]CCCCCCCC(CCCCCCC)C1CCCCC1. The lowest BCUT2D eigenvalue weighted by Gasteiger charge is -2.30. The molecule has 1 atom stereocenters. The summed E-state index contributed by atoms with van der Waals surface area (Å²) in [5, 5.41) is 0. The van der Waals surface area contributed by atoms with Gasteiger partial charge in [0.1, 0.15) is 0 Å². The highest BCUT2D eigenvalue weighted by molar-refractivity contribution is 4.74. The van der Waals surface area contributed by atoms with Crippen LogP contribution in [0.4, 0.5) is 0 Å². The Morgan fingerprint density at radius 2 is 1.27 bits per heavy atom. The molecule has 1 unspecified atom stereocenters. The Hall–Kier alpha value is 0. The lowest BCUT2D eigenvalue weighted by molar-refractivity contribution is 0.215. The quantitative estimate of drug-likeness (QED) is 0.284. The molecule has 0 spiro atoms. The molecule has 0 heterocycles. The number of hydrogen-bond donors (Lipinski definition) is 0. The molecule has 0 bridgehead atoms. The number of hydrogen-bond acceptors (Lipinski definition) is 0. The van der Waals surface area contributed by atoms with Crippen LogP contribution in [0.5, 0.6) is 0 Å². The van der Waals surface area contributed by atoms with Crippen molar-refractivity contribution < 1.29 is 0 Å². The fourth-order valence-electron chi connectivity index (χ4n) is 4.35. The number of rotatable bonds is 14. The molecule has 0 N–H and O–H groups in total. The van der Waals surface area contributed by atoms with Gasteiger partial charge in [-0.05, 0) is 11.8 Å². The van der Waals surface area contributed by atoms with Crippen LogP contribution >= 0.6 is 0 Å². The van der Waals surface area contributed by atoms with Crippen LogP contribution in [0.15, 0.2) is 0 Å². The molecule has 22 heavy (non-hydrogen) atoms. The largest absolute Gasteiger partial charge is 0.0654 e. The van der Waals surface area contributed by atoms with E-state index in [1.165, 1.54) is 96.3 Å². The normalized spacial score (nSPS) is 17.7. The molecule has 1 radical (unpaired) electrons. The average Bonchev–Trinajstić information content (AvgIpc) is 2.56. The molecule has 0 aliphatic heterocycles. The van der Waals surface area contributed by atoms with Gasteiger partial charge in [0.2, 0.25) is 0 Å². The fourth-order valence-corrected chi connectivity index (χ4v) is 4.35. The van der Waals surface area contributed by atoms with E-state index in [2.05, 4.69) is 13.8 Å². The first-order valence-corrected chi connectivity index (χ1v) is 10.7. The van der Waals surface area contributed by atoms with Gasteiger partial charge in [-0.25, -0.2) is 0 Å². The zero-order valence-corrected chi connectivity index (χ0v) is 15.6. The zero-order valence-electron chi connectivity index (χ0n) is 15.6. The minimum absolute atomic E-state index is 1.06. The van der Waals surface area contributed by atoms with Crippen molar-refractivity contribution in [2.45, 2.75) is 122 Å². The smallest absolute Gasteiger partial charge is 0.0386 e. The van der Waals surface area contributed by atoms with Crippen LogP contribution in [0.2, 0.25) is 0 Å². The minimum Gasteiger partial charge on any atom is -0.0654 e. The fraction of sp³-hybridized carbons (Fsp3) is 0.955. The molecule has 0 aromatic carbocycles. The first kappa shape index (κ1) is 20.0. The Morgan fingerprint density at radius 3 is 1.86 bits per heavy atom. The highest BCUT2D eigenvalue weighted by Crippen LogP contribution is 2.35. The van der Waals surface area contributed by atoms with Crippen molar-refractivity contribution in [3.05, 3.63) is 6.92 Å². The predicted octanol–water partition coefficient (Wildman–Crippen LogP) is 8.11. The van der Waals surface area contributed by atoms with Gasteiger partial charge in [-0.3, -0.25) is 0 Å². The second kappa shape index (κ2) is 14.6. The van der Waals surface area contributed by atoms with Gasteiger partial charge < -0.3 is 0 Å². The third kappa shape index (κ3) is 9.90. The number of unbranched alkanes of at least 4 members (excludes halogenated alkanes) is 9. The molecule has 131 valence electrons. The van der Waals surface area contributed by atoms with Gasteiger partial charge in [0.05, 0.1) is 0 Å². The molecule has 1 fully saturated rings. The Kier molecular flexibility index (Phi) is 13.3. The highest BCUT2D eigenvalue weighted by atomic mass is 14.3. The summed E-state index contributed by atoms with van der Waals surface area (Å²) in [5.41, 5.74) is 0. The standard InChI is InChI=1S/C22H43/c1-3-5-7-9-11-14-18-21(17-13-10-8-6-4-2)22-19-15-12-16-20-22/h21-22H,1,3-20H2,2H3. The maximum Gasteiger partial charge on any atom is -0.0386 e. The second-order valence-corrected chi connectivity index (χ2v) is 7.77. The molecule has 1 rings (SSSR count). The summed E-state index contributed by atoms with van der Waals surface area (Å²) in [4.78, 5) is 0. The van der Waals surface area contributed by atoms with Gasteiger partial charge in [-0.15, -0.1) is 0 Å². The van der Waals surface area contributed by atoms with E-state index in [1.807, 2.05) is 0 Å². The monoisotopic (exact) mass is 307 g/mol. The first-order chi connectivity index (χ1) is 10.9. The Morgan fingerprint density at radius 1 is 0.727 bits per heavy atom. The molecule has 1 saturated carbocycles. The predicted molar refractivity (Wildman–Crippen MR) is 101 cm³/mol. The van der Waals surface area contributed by atoms with Gasteiger partial charge >= 0.3 is 0 Å². The molecule has 0 saturated heterocycles. The molecule has 1 aliphatic rings. The average molecular weight is 308 g/mol. The van der Waals surface area contributed by atoms with Crippen molar-refractivity contribution in [2.75, 3.05) is 0 Å². The van der Waals surface area contributed by atoms with Gasteiger partial charge in [-0.2, -0.15) is 0 Å². The van der Waals surface area contributed by atoms with Crippen LogP contribution in [-0.2, 0) is 0 Å². The molecule has 0 aromatic rings. The van der Waals surface area contributed by atoms with Crippen molar-refractivity contribution in [2.24, 2.45) is 11.8 Å². The van der Waals surface area contributed by atoms with Crippen LogP contribution in [0, 0.1) is 18.8 Å².